The van der Waals surface area contributed by atoms with Crippen LogP contribution in [0.2, 0.25) is 0 Å². The molecule has 0 aromatic heterocycles. The average Bonchev–Trinajstić information content (AvgIpc) is 3.06. The molecule has 0 saturated heterocycles. The molecule has 4 heteroatoms. The Labute approximate surface area is 149 Å². The van der Waals surface area contributed by atoms with Crippen molar-refractivity contribution in [1.29, 1.82) is 0 Å². The first kappa shape index (κ1) is 17.8. The summed E-state index contributed by atoms with van der Waals surface area (Å²) in [5.74, 6) is 2.19. The maximum atomic E-state index is 9.40. The summed E-state index contributed by atoms with van der Waals surface area (Å²) in [6.45, 7) is 0.710. The van der Waals surface area contributed by atoms with Crippen molar-refractivity contribution in [3.63, 3.8) is 0 Å². The Hall–Kier alpha value is -2.04. The molecular weight excluding hydrogens is 314 g/mol. The molecule has 1 aliphatic carbocycles. The van der Waals surface area contributed by atoms with E-state index in [1.165, 1.54) is 11.1 Å². The Kier molecular flexibility index (Phi) is 5.61. The van der Waals surface area contributed by atoms with Crippen LogP contribution in [0.3, 0.4) is 0 Å². The van der Waals surface area contributed by atoms with Crippen LogP contribution in [0.15, 0.2) is 48.5 Å². The SMILES string of the molecule is COc1ccc(CCOc2ccc([C@@H]3CC[C@@](N)(CO)C3)cc2)cc1. The van der Waals surface area contributed by atoms with Gasteiger partial charge in [0.2, 0.25) is 0 Å². The van der Waals surface area contributed by atoms with E-state index < -0.39 is 5.54 Å². The number of nitrogens with two attached hydrogens (primary N) is 1. The molecule has 4 nitrogen and oxygen atoms in total. The number of aliphatic hydroxyl groups is 1. The highest BCUT2D eigenvalue weighted by Crippen LogP contribution is 2.39. The molecule has 2 atom stereocenters. The zero-order chi connectivity index (χ0) is 17.7. The summed E-state index contributed by atoms with van der Waals surface area (Å²) in [5.41, 5.74) is 8.28. The molecule has 0 unspecified atom stereocenters. The van der Waals surface area contributed by atoms with Crippen molar-refractivity contribution in [2.24, 2.45) is 5.73 Å². The number of ether oxygens (including phenoxy) is 2. The van der Waals surface area contributed by atoms with Crippen molar-refractivity contribution in [1.82, 2.24) is 0 Å². The molecule has 2 aromatic rings. The lowest BCUT2D eigenvalue weighted by molar-refractivity contribution is 0.198. The second kappa shape index (κ2) is 7.89. The first-order valence-corrected chi connectivity index (χ1v) is 8.87. The fraction of sp³-hybridized carbons (Fsp3) is 0.429. The third kappa shape index (κ3) is 4.53. The third-order valence-corrected chi connectivity index (χ3v) is 5.13. The summed E-state index contributed by atoms with van der Waals surface area (Å²) in [4.78, 5) is 0. The summed E-state index contributed by atoms with van der Waals surface area (Å²) in [7, 11) is 1.67. The minimum atomic E-state index is -0.405. The van der Waals surface area contributed by atoms with Crippen LogP contribution in [-0.2, 0) is 6.42 Å². The van der Waals surface area contributed by atoms with Crippen molar-refractivity contribution >= 4 is 0 Å². The summed E-state index contributed by atoms with van der Waals surface area (Å²) in [5, 5.41) is 9.40. The van der Waals surface area contributed by atoms with E-state index >= 15 is 0 Å². The highest BCUT2D eigenvalue weighted by Gasteiger charge is 2.35. The Morgan fingerprint density at radius 2 is 1.76 bits per heavy atom. The van der Waals surface area contributed by atoms with Crippen LogP contribution >= 0.6 is 0 Å². The maximum absolute atomic E-state index is 9.40. The van der Waals surface area contributed by atoms with Crippen molar-refractivity contribution < 1.29 is 14.6 Å². The molecule has 0 heterocycles. The van der Waals surface area contributed by atoms with Crippen LogP contribution in [0.5, 0.6) is 11.5 Å². The van der Waals surface area contributed by atoms with E-state index in [1.54, 1.807) is 7.11 Å². The van der Waals surface area contributed by atoms with Crippen LogP contribution in [0.1, 0.15) is 36.3 Å². The van der Waals surface area contributed by atoms with Crippen molar-refractivity contribution in [2.75, 3.05) is 20.3 Å². The van der Waals surface area contributed by atoms with Gasteiger partial charge in [-0.25, -0.2) is 0 Å². The molecule has 134 valence electrons. The van der Waals surface area contributed by atoms with Crippen LogP contribution < -0.4 is 15.2 Å². The van der Waals surface area contributed by atoms with Gasteiger partial charge < -0.3 is 20.3 Å². The molecule has 0 radical (unpaired) electrons. The van der Waals surface area contributed by atoms with E-state index in [9.17, 15) is 5.11 Å². The summed E-state index contributed by atoms with van der Waals surface area (Å²) < 4.78 is 11.0. The molecular formula is C21H27NO3. The first-order chi connectivity index (χ1) is 12.1. The monoisotopic (exact) mass is 341 g/mol. The molecule has 0 bridgehead atoms. The van der Waals surface area contributed by atoms with Crippen LogP contribution in [-0.4, -0.2) is 31.0 Å². The highest BCUT2D eigenvalue weighted by molar-refractivity contribution is 5.31. The molecule has 3 rings (SSSR count). The fourth-order valence-corrected chi connectivity index (χ4v) is 3.50. The quantitative estimate of drug-likeness (QED) is 0.811. The van der Waals surface area contributed by atoms with Gasteiger partial charge in [0.15, 0.2) is 0 Å². The van der Waals surface area contributed by atoms with Crippen molar-refractivity contribution in [2.45, 2.75) is 37.1 Å². The number of aliphatic hydroxyl groups excluding tert-OH is 1. The molecule has 25 heavy (non-hydrogen) atoms. The third-order valence-electron chi connectivity index (χ3n) is 5.13. The normalized spacial score (nSPS) is 22.8. The lowest BCUT2D eigenvalue weighted by atomic mass is 9.94. The van der Waals surface area contributed by atoms with Crippen LogP contribution in [0, 0.1) is 0 Å². The molecule has 0 amide bonds. The lowest BCUT2D eigenvalue weighted by Gasteiger charge is -2.21. The van der Waals surface area contributed by atoms with Crippen LogP contribution in [0.4, 0.5) is 0 Å². The predicted octanol–water partition coefficient (Wildman–Crippen LogP) is 3.27. The Morgan fingerprint density at radius 3 is 2.36 bits per heavy atom. The number of rotatable bonds is 7. The average molecular weight is 341 g/mol. The minimum Gasteiger partial charge on any atom is -0.497 e. The first-order valence-electron chi connectivity index (χ1n) is 8.87. The number of methoxy groups -OCH3 is 1. The molecule has 1 aliphatic rings. The fourth-order valence-electron chi connectivity index (χ4n) is 3.50. The van der Waals surface area contributed by atoms with Gasteiger partial charge in [0, 0.05) is 12.0 Å². The van der Waals surface area contributed by atoms with E-state index in [-0.39, 0.29) is 6.61 Å². The standard InChI is InChI=1S/C21H27NO3/c1-24-19-6-2-16(3-7-19)11-13-25-20-8-4-17(5-9-20)18-10-12-21(22,14-18)15-23/h2-9,18,23H,10-15,22H2,1H3/t18-,21+/m1/s1. The second-order valence-electron chi connectivity index (χ2n) is 6.98. The van der Waals surface area contributed by atoms with Gasteiger partial charge in [-0.1, -0.05) is 24.3 Å². The molecule has 1 saturated carbocycles. The number of hydrogen-bond acceptors (Lipinski definition) is 4. The largest absolute Gasteiger partial charge is 0.497 e. The Morgan fingerprint density at radius 1 is 1.08 bits per heavy atom. The Bertz CT molecular complexity index is 669. The van der Waals surface area contributed by atoms with Gasteiger partial charge >= 0.3 is 0 Å². The van der Waals surface area contributed by atoms with Gasteiger partial charge in [0.25, 0.3) is 0 Å². The van der Waals surface area contributed by atoms with Gasteiger partial charge in [-0.3, -0.25) is 0 Å². The van der Waals surface area contributed by atoms with Gasteiger partial charge in [-0.2, -0.15) is 0 Å². The molecule has 0 aliphatic heterocycles. The molecule has 0 spiro atoms. The maximum Gasteiger partial charge on any atom is 0.119 e. The van der Waals surface area contributed by atoms with E-state index in [0.29, 0.717) is 12.5 Å². The summed E-state index contributed by atoms with van der Waals surface area (Å²) in [6.07, 6.45) is 3.63. The van der Waals surface area contributed by atoms with Crippen molar-refractivity contribution in [3.8, 4) is 11.5 Å². The van der Waals surface area contributed by atoms with E-state index in [2.05, 4.69) is 24.3 Å². The van der Waals surface area contributed by atoms with E-state index in [0.717, 1.165) is 37.2 Å². The molecule has 1 fully saturated rings. The predicted molar refractivity (Wildman–Crippen MR) is 99.2 cm³/mol. The minimum absolute atomic E-state index is 0.0655. The Balaban J connectivity index is 1.49. The highest BCUT2D eigenvalue weighted by atomic mass is 16.5. The lowest BCUT2D eigenvalue weighted by Crippen LogP contribution is -2.40. The summed E-state index contributed by atoms with van der Waals surface area (Å²) >= 11 is 0. The van der Waals surface area contributed by atoms with Crippen LogP contribution in [0.25, 0.3) is 0 Å². The van der Waals surface area contributed by atoms with E-state index in [4.69, 9.17) is 15.2 Å². The molecule has 2 aromatic carbocycles. The van der Waals surface area contributed by atoms with Crippen molar-refractivity contribution in [3.05, 3.63) is 59.7 Å². The molecule has 3 N–H and O–H groups in total. The van der Waals surface area contributed by atoms with Gasteiger partial charge in [0.1, 0.15) is 11.5 Å². The van der Waals surface area contributed by atoms with Gasteiger partial charge in [-0.05, 0) is 60.6 Å². The second-order valence-corrected chi connectivity index (χ2v) is 6.98. The van der Waals surface area contributed by atoms with Gasteiger partial charge in [0.05, 0.1) is 20.3 Å². The van der Waals surface area contributed by atoms with Gasteiger partial charge in [-0.15, -0.1) is 0 Å². The van der Waals surface area contributed by atoms with E-state index in [1.807, 2.05) is 24.3 Å². The smallest absolute Gasteiger partial charge is 0.119 e. The number of benzene rings is 2. The zero-order valence-corrected chi connectivity index (χ0v) is 14.8. The number of hydrogen-bond donors (Lipinski definition) is 2. The zero-order valence-electron chi connectivity index (χ0n) is 14.8. The topological polar surface area (TPSA) is 64.7 Å². The summed E-state index contributed by atoms with van der Waals surface area (Å²) in [6, 6.07) is 16.4.